The summed E-state index contributed by atoms with van der Waals surface area (Å²) in [6, 6.07) is 6.71. The van der Waals surface area contributed by atoms with Gasteiger partial charge in [-0.1, -0.05) is 6.42 Å². The second-order valence-electron chi connectivity index (χ2n) is 6.83. The summed E-state index contributed by atoms with van der Waals surface area (Å²) in [7, 11) is -3.43. The van der Waals surface area contributed by atoms with E-state index in [1.54, 1.807) is 28.6 Å². The van der Waals surface area contributed by atoms with E-state index in [1.807, 2.05) is 4.90 Å². The maximum absolute atomic E-state index is 12.7. The molecule has 5 nitrogen and oxygen atoms in total. The lowest BCUT2D eigenvalue weighted by molar-refractivity contribution is 0.0635. The molecule has 24 heavy (non-hydrogen) atoms. The normalized spacial score (nSPS) is 23.2. The Morgan fingerprint density at radius 1 is 0.958 bits per heavy atom. The number of carbonyl (C=O) groups is 1. The van der Waals surface area contributed by atoms with Gasteiger partial charge in [-0.3, -0.25) is 4.79 Å². The molecule has 2 fully saturated rings. The summed E-state index contributed by atoms with van der Waals surface area (Å²) in [5.41, 5.74) is 0.571. The van der Waals surface area contributed by atoms with Gasteiger partial charge in [0.1, 0.15) is 0 Å². The Labute approximate surface area is 144 Å². The maximum Gasteiger partial charge on any atom is 0.254 e. The topological polar surface area (TPSA) is 57.7 Å². The van der Waals surface area contributed by atoms with Crippen LogP contribution in [0.4, 0.5) is 0 Å². The average molecular weight is 350 g/mol. The fourth-order valence-electron chi connectivity index (χ4n) is 3.59. The van der Waals surface area contributed by atoms with Crippen molar-refractivity contribution in [2.45, 2.75) is 56.4 Å². The Morgan fingerprint density at radius 3 is 2.21 bits per heavy atom. The minimum atomic E-state index is -3.43. The van der Waals surface area contributed by atoms with Crippen LogP contribution in [0.25, 0.3) is 0 Å². The quantitative estimate of drug-likeness (QED) is 0.842. The summed E-state index contributed by atoms with van der Waals surface area (Å²) in [5.74, 6) is 0.00382. The number of rotatable bonds is 3. The average Bonchev–Trinajstić information content (AvgIpc) is 2.62. The number of benzene rings is 1. The van der Waals surface area contributed by atoms with Crippen molar-refractivity contribution in [2.75, 3.05) is 19.6 Å². The standard InChI is InChI=1S/C18H26N2O3S/c1-15-7-3-6-14-20(15)18(21)16-8-10-17(11-9-16)24(22,23)19-12-4-2-5-13-19/h8-11,15H,2-7,12-14H2,1H3/t15-/m1/s1. The van der Waals surface area contributed by atoms with Gasteiger partial charge >= 0.3 is 0 Å². The summed E-state index contributed by atoms with van der Waals surface area (Å²) in [4.78, 5) is 14.8. The summed E-state index contributed by atoms with van der Waals surface area (Å²) in [5, 5.41) is 0. The summed E-state index contributed by atoms with van der Waals surface area (Å²) in [6.07, 6.45) is 6.17. The molecule has 132 valence electrons. The van der Waals surface area contributed by atoms with Gasteiger partial charge < -0.3 is 4.90 Å². The molecule has 1 amide bonds. The first-order valence-electron chi connectivity index (χ1n) is 8.91. The lowest BCUT2D eigenvalue weighted by Gasteiger charge is -2.33. The molecule has 1 aromatic rings. The summed E-state index contributed by atoms with van der Waals surface area (Å²) >= 11 is 0. The van der Waals surface area contributed by atoms with Crippen LogP contribution in [0.15, 0.2) is 29.2 Å². The predicted molar refractivity (Wildman–Crippen MR) is 93.4 cm³/mol. The van der Waals surface area contributed by atoms with Crippen molar-refractivity contribution in [1.82, 2.24) is 9.21 Å². The van der Waals surface area contributed by atoms with E-state index < -0.39 is 10.0 Å². The van der Waals surface area contributed by atoms with E-state index in [4.69, 9.17) is 0 Å². The van der Waals surface area contributed by atoms with Crippen LogP contribution in [0, 0.1) is 0 Å². The molecule has 2 saturated heterocycles. The molecule has 3 rings (SSSR count). The first-order chi connectivity index (χ1) is 11.5. The highest BCUT2D eigenvalue weighted by Gasteiger charge is 2.27. The van der Waals surface area contributed by atoms with Crippen molar-refractivity contribution >= 4 is 15.9 Å². The van der Waals surface area contributed by atoms with E-state index in [0.717, 1.165) is 45.1 Å². The monoisotopic (exact) mass is 350 g/mol. The largest absolute Gasteiger partial charge is 0.336 e. The molecule has 0 aliphatic carbocycles. The number of likely N-dealkylation sites (tertiary alicyclic amines) is 1. The molecule has 2 aliphatic heterocycles. The zero-order chi connectivity index (χ0) is 17.2. The Kier molecular flexibility index (Phi) is 5.25. The van der Waals surface area contributed by atoms with Gasteiger partial charge in [-0.15, -0.1) is 0 Å². The molecule has 0 bridgehead atoms. The Morgan fingerprint density at radius 2 is 1.58 bits per heavy atom. The van der Waals surface area contributed by atoms with Crippen LogP contribution < -0.4 is 0 Å². The van der Waals surface area contributed by atoms with E-state index in [-0.39, 0.29) is 16.8 Å². The van der Waals surface area contributed by atoms with Gasteiger partial charge in [0.05, 0.1) is 4.90 Å². The van der Waals surface area contributed by atoms with E-state index in [1.165, 1.54) is 0 Å². The van der Waals surface area contributed by atoms with Crippen LogP contribution in [0.1, 0.15) is 55.8 Å². The third kappa shape index (κ3) is 3.49. The Hall–Kier alpha value is -1.40. The number of hydrogen-bond donors (Lipinski definition) is 0. The molecule has 0 aromatic heterocycles. The minimum absolute atomic E-state index is 0.00382. The zero-order valence-electron chi connectivity index (χ0n) is 14.3. The molecular formula is C18H26N2O3S. The lowest BCUT2D eigenvalue weighted by atomic mass is 10.0. The molecule has 1 atom stereocenters. The second-order valence-corrected chi connectivity index (χ2v) is 8.77. The Bertz CT molecular complexity index is 679. The highest BCUT2D eigenvalue weighted by atomic mass is 32.2. The smallest absolute Gasteiger partial charge is 0.254 e. The molecule has 6 heteroatoms. The Balaban J connectivity index is 1.76. The molecule has 0 N–H and O–H groups in total. The summed E-state index contributed by atoms with van der Waals surface area (Å²) < 4.78 is 26.9. The SMILES string of the molecule is C[C@@H]1CCCCN1C(=O)c1ccc(S(=O)(=O)N2CCCCC2)cc1. The number of amides is 1. The number of piperidine rings is 2. The van der Waals surface area contributed by atoms with E-state index in [2.05, 4.69) is 6.92 Å². The van der Waals surface area contributed by atoms with Crippen LogP contribution >= 0.6 is 0 Å². The van der Waals surface area contributed by atoms with Gasteiger partial charge in [0.15, 0.2) is 0 Å². The molecule has 2 aliphatic rings. The van der Waals surface area contributed by atoms with Crippen molar-refractivity contribution in [3.8, 4) is 0 Å². The first-order valence-corrected chi connectivity index (χ1v) is 10.4. The van der Waals surface area contributed by atoms with Crippen molar-refractivity contribution in [3.05, 3.63) is 29.8 Å². The highest BCUT2D eigenvalue weighted by Crippen LogP contribution is 2.23. The van der Waals surface area contributed by atoms with Crippen LogP contribution in [-0.4, -0.2) is 49.2 Å². The molecule has 0 saturated carbocycles. The number of nitrogens with zero attached hydrogens (tertiary/aromatic N) is 2. The van der Waals surface area contributed by atoms with Crippen molar-refractivity contribution in [2.24, 2.45) is 0 Å². The molecule has 0 spiro atoms. The van der Waals surface area contributed by atoms with Crippen molar-refractivity contribution in [1.29, 1.82) is 0 Å². The van der Waals surface area contributed by atoms with E-state index in [9.17, 15) is 13.2 Å². The molecule has 0 unspecified atom stereocenters. The molecule has 2 heterocycles. The number of sulfonamides is 1. The van der Waals surface area contributed by atoms with Gasteiger partial charge in [-0.05, 0) is 63.3 Å². The maximum atomic E-state index is 12.7. The van der Waals surface area contributed by atoms with Crippen LogP contribution in [0.3, 0.4) is 0 Å². The lowest BCUT2D eigenvalue weighted by Crippen LogP contribution is -2.42. The molecule has 1 aromatic carbocycles. The van der Waals surface area contributed by atoms with Crippen LogP contribution in [0.5, 0.6) is 0 Å². The van der Waals surface area contributed by atoms with Gasteiger partial charge in [-0.2, -0.15) is 4.31 Å². The fourth-order valence-corrected chi connectivity index (χ4v) is 5.11. The van der Waals surface area contributed by atoms with Gasteiger partial charge in [0.25, 0.3) is 5.91 Å². The van der Waals surface area contributed by atoms with Gasteiger partial charge in [0, 0.05) is 31.2 Å². The minimum Gasteiger partial charge on any atom is -0.336 e. The highest BCUT2D eigenvalue weighted by molar-refractivity contribution is 7.89. The molecule has 0 radical (unpaired) electrons. The van der Waals surface area contributed by atoms with E-state index >= 15 is 0 Å². The third-order valence-corrected chi connectivity index (χ3v) is 7.03. The number of carbonyl (C=O) groups excluding carboxylic acids is 1. The predicted octanol–water partition coefficient (Wildman–Crippen LogP) is 2.88. The van der Waals surface area contributed by atoms with Gasteiger partial charge in [0.2, 0.25) is 10.0 Å². The number of hydrogen-bond acceptors (Lipinski definition) is 3. The third-order valence-electron chi connectivity index (χ3n) is 5.12. The van der Waals surface area contributed by atoms with Crippen molar-refractivity contribution < 1.29 is 13.2 Å². The van der Waals surface area contributed by atoms with Crippen molar-refractivity contribution in [3.63, 3.8) is 0 Å². The van der Waals surface area contributed by atoms with Crippen LogP contribution in [-0.2, 0) is 10.0 Å². The molecular weight excluding hydrogens is 324 g/mol. The van der Waals surface area contributed by atoms with Crippen LogP contribution in [0.2, 0.25) is 0 Å². The second kappa shape index (κ2) is 7.23. The summed E-state index contributed by atoms with van der Waals surface area (Å²) in [6.45, 7) is 4.04. The zero-order valence-corrected chi connectivity index (χ0v) is 15.1. The fraction of sp³-hybridized carbons (Fsp3) is 0.611. The van der Waals surface area contributed by atoms with E-state index in [0.29, 0.717) is 18.7 Å². The van der Waals surface area contributed by atoms with Gasteiger partial charge in [-0.25, -0.2) is 8.42 Å². The first kappa shape index (κ1) is 17.4.